The second kappa shape index (κ2) is 6.83. The molecular formula is C14H23FN2O. The van der Waals surface area contributed by atoms with Crippen LogP contribution in [0.5, 0.6) is 0 Å². The predicted octanol–water partition coefficient (Wildman–Crippen LogP) is 1.84. The number of hydrogen-bond donors (Lipinski definition) is 2. The lowest BCUT2D eigenvalue weighted by Gasteiger charge is -2.24. The van der Waals surface area contributed by atoms with Crippen molar-refractivity contribution in [3.8, 4) is 0 Å². The number of benzene rings is 1. The summed E-state index contributed by atoms with van der Waals surface area (Å²) in [4.78, 5) is 2.05. The van der Waals surface area contributed by atoms with Crippen molar-refractivity contribution in [2.24, 2.45) is 5.73 Å². The topological polar surface area (TPSA) is 49.5 Å². The van der Waals surface area contributed by atoms with E-state index in [1.54, 1.807) is 13.0 Å². The normalized spacial score (nSPS) is 14.8. The average Bonchev–Trinajstić information content (AvgIpc) is 2.37. The average molecular weight is 254 g/mol. The number of aliphatic hydroxyl groups is 1. The summed E-state index contributed by atoms with van der Waals surface area (Å²) in [5.74, 6) is -0.208. The van der Waals surface area contributed by atoms with Gasteiger partial charge >= 0.3 is 0 Å². The van der Waals surface area contributed by atoms with Crippen LogP contribution in [0.4, 0.5) is 4.39 Å². The molecule has 0 radical (unpaired) electrons. The van der Waals surface area contributed by atoms with Gasteiger partial charge in [-0.3, -0.25) is 0 Å². The van der Waals surface area contributed by atoms with E-state index in [0.29, 0.717) is 5.56 Å². The van der Waals surface area contributed by atoms with E-state index >= 15 is 0 Å². The Morgan fingerprint density at radius 2 is 2.11 bits per heavy atom. The summed E-state index contributed by atoms with van der Waals surface area (Å²) in [7, 11) is 1.95. The van der Waals surface area contributed by atoms with Crippen molar-refractivity contribution >= 4 is 0 Å². The number of halogens is 1. The summed E-state index contributed by atoms with van der Waals surface area (Å²) < 4.78 is 13.4. The Labute approximate surface area is 108 Å². The molecule has 0 saturated carbocycles. The largest absolute Gasteiger partial charge is 0.395 e. The lowest BCUT2D eigenvalue weighted by atomic mass is 10.0. The van der Waals surface area contributed by atoms with Crippen LogP contribution in [-0.2, 0) is 0 Å². The van der Waals surface area contributed by atoms with Crippen molar-refractivity contribution in [2.75, 3.05) is 20.2 Å². The van der Waals surface area contributed by atoms with Gasteiger partial charge in [0.25, 0.3) is 0 Å². The van der Waals surface area contributed by atoms with E-state index in [2.05, 4.69) is 0 Å². The minimum Gasteiger partial charge on any atom is -0.395 e. The zero-order chi connectivity index (χ0) is 13.7. The number of nitrogens with two attached hydrogens (primary N) is 1. The van der Waals surface area contributed by atoms with E-state index in [9.17, 15) is 4.39 Å². The van der Waals surface area contributed by atoms with Crippen molar-refractivity contribution in [1.82, 2.24) is 4.90 Å². The Bertz CT molecular complexity index is 384. The van der Waals surface area contributed by atoms with Crippen LogP contribution in [0.3, 0.4) is 0 Å². The molecule has 0 aliphatic heterocycles. The summed E-state index contributed by atoms with van der Waals surface area (Å²) in [6, 6.07) is 5.08. The van der Waals surface area contributed by atoms with Crippen LogP contribution in [0.25, 0.3) is 0 Å². The molecule has 102 valence electrons. The lowest BCUT2D eigenvalue weighted by molar-refractivity contribution is 0.156. The number of rotatable bonds is 6. The van der Waals surface area contributed by atoms with Crippen LogP contribution in [0.1, 0.15) is 30.5 Å². The van der Waals surface area contributed by atoms with Gasteiger partial charge in [-0.2, -0.15) is 0 Å². The van der Waals surface area contributed by atoms with Gasteiger partial charge in [-0.05, 0) is 44.5 Å². The predicted molar refractivity (Wildman–Crippen MR) is 71.9 cm³/mol. The first kappa shape index (κ1) is 15.1. The van der Waals surface area contributed by atoms with E-state index in [1.165, 1.54) is 6.07 Å². The van der Waals surface area contributed by atoms with Crippen molar-refractivity contribution < 1.29 is 9.50 Å². The maximum Gasteiger partial charge on any atom is 0.126 e. The van der Waals surface area contributed by atoms with Crippen molar-refractivity contribution in [3.63, 3.8) is 0 Å². The van der Waals surface area contributed by atoms with Crippen molar-refractivity contribution in [2.45, 2.75) is 32.4 Å². The minimum atomic E-state index is -0.208. The van der Waals surface area contributed by atoms with E-state index in [4.69, 9.17) is 10.8 Å². The number of aryl methyl sites for hydroxylation is 1. The molecule has 2 unspecified atom stereocenters. The smallest absolute Gasteiger partial charge is 0.126 e. The highest BCUT2D eigenvalue weighted by Crippen LogP contribution is 2.17. The van der Waals surface area contributed by atoms with E-state index in [-0.39, 0.29) is 24.5 Å². The van der Waals surface area contributed by atoms with Crippen LogP contribution in [0, 0.1) is 12.7 Å². The highest BCUT2D eigenvalue weighted by atomic mass is 19.1. The zero-order valence-corrected chi connectivity index (χ0v) is 11.4. The first-order valence-corrected chi connectivity index (χ1v) is 6.28. The SMILES string of the molecule is Cc1ccc(C(N)CCN(C)C(C)CO)cc1F. The van der Waals surface area contributed by atoms with Crippen LogP contribution in [0.2, 0.25) is 0 Å². The molecule has 0 aromatic heterocycles. The molecule has 0 aliphatic carbocycles. The summed E-state index contributed by atoms with van der Waals surface area (Å²) >= 11 is 0. The zero-order valence-electron chi connectivity index (χ0n) is 11.4. The van der Waals surface area contributed by atoms with Gasteiger partial charge in [0.2, 0.25) is 0 Å². The van der Waals surface area contributed by atoms with Gasteiger partial charge in [0.1, 0.15) is 5.82 Å². The minimum absolute atomic E-state index is 0.118. The van der Waals surface area contributed by atoms with Gasteiger partial charge in [-0.1, -0.05) is 12.1 Å². The third kappa shape index (κ3) is 4.05. The fourth-order valence-corrected chi connectivity index (χ4v) is 1.71. The van der Waals surface area contributed by atoms with Gasteiger partial charge in [0.05, 0.1) is 6.61 Å². The van der Waals surface area contributed by atoms with Gasteiger partial charge < -0.3 is 15.7 Å². The number of likely N-dealkylation sites (N-methyl/N-ethyl adjacent to an activating group) is 1. The van der Waals surface area contributed by atoms with Crippen molar-refractivity contribution in [1.29, 1.82) is 0 Å². The molecule has 0 fully saturated rings. The Kier molecular flexibility index (Phi) is 5.72. The molecule has 18 heavy (non-hydrogen) atoms. The molecule has 0 heterocycles. The lowest BCUT2D eigenvalue weighted by Crippen LogP contribution is -2.34. The number of nitrogens with zero attached hydrogens (tertiary/aromatic N) is 1. The number of aliphatic hydroxyl groups excluding tert-OH is 1. The second-order valence-electron chi connectivity index (χ2n) is 4.92. The summed E-state index contributed by atoms with van der Waals surface area (Å²) in [5.41, 5.74) is 7.51. The molecule has 3 N–H and O–H groups in total. The van der Waals surface area contributed by atoms with Crippen molar-refractivity contribution in [3.05, 3.63) is 35.1 Å². The molecule has 3 nitrogen and oxygen atoms in total. The molecule has 2 atom stereocenters. The maximum absolute atomic E-state index is 13.4. The van der Waals surface area contributed by atoms with E-state index in [0.717, 1.165) is 18.5 Å². The van der Waals surface area contributed by atoms with Crippen LogP contribution >= 0.6 is 0 Å². The molecule has 0 aliphatic rings. The molecule has 0 spiro atoms. The molecule has 0 bridgehead atoms. The van der Waals surface area contributed by atoms with Crippen LogP contribution in [0.15, 0.2) is 18.2 Å². The summed E-state index contributed by atoms with van der Waals surface area (Å²) in [5, 5.41) is 9.03. The fourth-order valence-electron chi connectivity index (χ4n) is 1.71. The molecule has 1 rings (SSSR count). The van der Waals surface area contributed by atoms with E-state index < -0.39 is 0 Å². The summed E-state index contributed by atoms with van der Waals surface area (Å²) in [6.45, 7) is 4.60. The Morgan fingerprint density at radius 1 is 1.44 bits per heavy atom. The first-order chi connectivity index (χ1) is 8.45. The number of hydrogen-bond acceptors (Lipinski definition) is 3. The highest BCUT2D eigenvalue weighted by molar-refractivity contribution is 5.25. The molecule has 1 aromatic carbocycles. The Balaban J connectivity index is 2.54. The third-order valence-corrected chi connectivity index (χ3v) is 3.43. The first-order valence-electron chi connectivity index (χ1n) is 6.28. The standard InChI is InChI=1S/C14H23FN2O/c1-10-4-5-12(8-13(10)15)14(16)6-7-17(3)11(2)9-18/h4-5,8,11,14,18H,6-7,9,16H2,1-3H3. The maximum atomic E-state index is 13.4. The molecular weight excluding hydrogens is 231 g/mol. The molecule has 4 heteroatoms. The molecule has 1 aromatic rings. The quantitative estimate of drug-likeness (QED) is 0.814. The molecule has 0 saturated heterocycles. The summed E-state index contributed by atoms with van der Waals surface area (Å²) in [6.07, 6.45) is 0.739. The third-order valence-electron chi connectivity index (χ3n) is 3.43. The van der Waals surface area contributed by atoms with Crippen LogP contribution < -0.4 is 5.73 Å². The highest BCUT2D eigenvalue weighted by Gasteiger charge is 2.12. The van der Waals surface area contributed by atoms with Gasteiger partial charge in [-0.25, -0.2) is 4.39 Å². The monoisotopic (exact) mass is 254 g/mol. The van der Waals surface area contributed by atoms with Crippen LogP contribution in [-0.4, -0.2) is 36.2 Å². The van der Waals surface area contributed by atoms with Gasteiger partial charge in [0, 0.05) is 18.6 Å². The second-order valence-corrected chi connectivity index (χ2v) is 4.92. The Morgan fingerprint density at radius 3 is 2.67 bits per heavy atom. The van der Waals surface area contributed by atoms with E-state index in [1.807, 2.05) is 24.9 Å². The van der Waals surface area contributed by atoms with Gasteiger partial charge in [0.15, 0.2) is 0 Å². The molecule has 0 amide bonds. The Hall–Kier alpha value is -0.970. The van der Waals surface area contributed by atoms with Gasteiger partial charge in [-0.15, -0.1) is 0 Å². The fraction of sp³-hybridized carbons (Fsp3) is 0.571.